The van der Waals surface area contributed by atoms with Crippen molar-refractivity contribution in [2.24, 2.45) is 0 Å². The van der Waals surface area contributed by atoms with Gasteiger partial charge in [0.25, 0.3) is 5.91 Å². The van der Waals surface area contributed by atoms with Gasteiger partial charge in [-0.05, 0) is 47.9 Å². The molecule has 0 fully saturated rings. The van der Waals surface area contributed by atoms with Crippen molar-refractivity contribution in [2.45, 2.75) is 25.9 Å². The van der Waals surface area contributed by atoms with Crippen molar-refractivity contribution in [1.29, 1.82) is 0 Å². The summed E-state index contributed by atoms with van der Waals surface area (Å²) in [4.78, 5) is 16.3. The molecule has 0 saturated carbocycles. The highest BCUT2D eigenvalue weighted by Crippen LogP contribution is 2.30. The van der Waals surface area contributed by atoms with Gasteiger partial charge in [0.2, 0.25) is 5.89 Å². The van der Waals surface area contributed by atoms with Crippen molar-refractivity contribution in [1.82, 2.24) is 4.98 Å². The second-order valence-electron chi connectivity index (χ2n) is 6.34. The summed E-state index contributed by atoms with van der Waals surface area (Å²) in [7, 11) is 0. The topological polar surface area (TPSA) is 55.1 Å². The molecule has 0 radical (unpaired) electrons. The molecule has 0 atom stereocenters. The van der Waals surface area contributed by atoms with E-state index in [4.69, 9.17) is 4.42 Å². The molecular weight excluding hydrogens is 357 g/mol. The number of carbonyl (C=O) groups is 1. The lowest BCUT2D eigenvalue weighted by molar-refractivity contribution is -0.137. The number of anilines is 1. The van der Waals surface area contributed by atoms with Crippen LogP contribution in [-0.4, -0.2) is 10.9 Å². The van der Waals surface area contributed by atoms with Crippen LogP contribution in [0.15, 0.2) is 59.2 Å². The van der Waals surface area contributed by atoms with Crippen LogP contribution < -0.4 is 5.32 Å². The molecule has 0 unspecified atom stereocenters. The first-order chi connectivity index (χ1) is 12.7. The highest BCUT2D eigenvalue weighted by molar-refractivity contribution is 6.02. The molecule has 2 aromatic carbocycles. The van der Waals surface area contributed by atoms with Crippen LogP contribution in [0, 0.1) is 0 Å². The SMILES string of the molecule is CC(C)c1ccc(NC(=O)c2coc(-c3ccc(C(F)(F)F)cc3)n2)cc1. The van der Waals surface area contributed by atoms with Gasteiger partial charge >= 0.3 is 6.18 Å². The predicted molar refractivity (Wildman–Crippen MR) is 95.4 cm³/mol. The molecule has 7 heteroatoms. The van der Waals surface area contributed by atoms with Crippen molar-refractivity contribution < 1.29 is 22.4 Å². The number of aromatic nitrogens is 1. The zero-order valence-electron chi connectivity index (χ0n) is 14.7. The number of carbonyl (C=O) groups excluding carboxylic acids is 1. The monoisotopic (exact) mass is 374 g/mol. The van der Waals surface area contributed by atoms with Crippen molar-refractivity contribution >= 4 is 11.6 Å². The maximum absolute atomic E-state index is 12.6. The van der Waals surface area contributed by atoms with Gasteiger partial charge in [0.1, 0.15) is 6.26 Å². The zero-order chi connectivity index (χ0) is 19.6. The summed E-state index contributed by atoms with van der Waals surface area (Å²) in [5, 5.41) is 2.71. The molecule has 0 aliphatic rings. The standard InChI is InChI=1S/C20H17F3N2O2/c1-12(2)13-5-9-16(10-6-13)24-18(26)17-11-27-19(25-17)14-3-7-15(8-4-14)20(21,22)23/h3-12H,1-2H3,(H,24,26). The van der Waals surface area contributed by atoms with Crippen LogP contribution in [0.5, 0.6) is 0 Å². The first-order valence-corrected chi connectivity index (χ1v) is 8.28. The van der Waals surface area contributed by atoms with Crippen molar-refractivity contribution in [3.05, 3.63) is 71.6 Å². The van der Waals surface area contributed by atoms with Gasteiger partial charge in [-0.3, -0.25) is 4.79 Å². The van der Waals surface area contributed by atoms with E-state index >= 15 is 0 Å². The van der Waals surface area contributed by atoms with Crippen molar-refractivity contribution in [3.63, 3.8) is 0 Å². The van der Waals surface area contributed by atoms with Crippen molar-refractivity contribution in [3.8, 4) is 11.5 Å². The molecule has 1 heterocycles. The third-order valence-corrected chi connectivity index (χ3v) is 4.03. The van der Waals surface area contributed by atoms with Crippen LogP contribution in [0.1, 0.15) is 41.4 Å². The lowest BCUT2D eigenvalue weighted by Gasteiger charge is -2.07. The third kappa shape index (κ3) is 4.36. The Kier molecular flexibility index (Phi) is 5.03. The normalized spacial score (nSPS) is 11.6. The van der Waals surface area contributed by atoms with Gasteiger partial charge < -0.3 is 9.73 Å². The highest BCUT2D eigenvalue weighted by Gasteiger charge is 2.30. The molecule has 1 amide bonds. The van der Waals surface area contributed by atoms with Crippen LogP contribution in [0.3, 0.4) is 0 Å². The van der Waals surface area contributed by atoms with Crippen LogP contribution in [-0.2, 0) is 6.18 Å². The fourth-order valence-corrected chi connectivity index (χ4v) is 2.46. The van der Waals surface area contributed by atoms with E-state index in [1.165, 1.54) is 18.4 Å². The molecule has 0 aliphatic carbocycles. The number of nitrogens with zero attached hydrogens (tertiary/aromatic N) is 1. The summed E-state index contributed by atoms with van der Waals surface area (Å²) < 4.78 is 43.1. The number of oxazole rings is 1. The minimum absolute atomic E-state index is 0.0397. The smallest absolute Gasteiger partial charge is 0.416 e. The highest BCUT2D eigenvalue weighted by atomic mass is 19.4. The summed E-state index contributed by atoms with van der Waals surface area (Å²) in [6, 6.07) is 11.8. The number of hydrogen-bond donors (Lipinski definition) is 1. The second kappa shape index (κ2) is 7.26. The molecule has 0 saturated heterocycles. The number of nitrogens with one attached hydrogen (secondary N) is 1. The number of benzene rings is 2. The van der Waals surface area contributed by atoms with Gasteiger partial charge in [0, 0.05) is 11.3 Å². The molecular formula is C20H17F3N2O2. The Morgan fingerprint density at radius 2 is 1.67 bits per heavy atom. The van der Waals surface area contributed by atoms with Gasteiger partial charge in [0.05, 0.1) is 5.56 Å². The minimum Gasteiger partial charge on any atom is -0.444 e. The van der Waals surface area contributed by atoms with Gasteiger partial charge in [-0.25, -0.2) is 4.98 Å². The predicted octanol–water partition coefficient (Wildman–Crippen LogP) is 5.74. The third-order valence-electron chi connectivity index (χ3n) is 4.03. The molecule has 1 aromatic heterocycles. The molecule has 4 nitrogen and oxygen atoms in total. The Hall–Kier alpha value is -3.09. The number of hydrogen-bond acceptors (Lipinski definition) is 3. The van der Waals surface area contributed by atoms with E-state index in [-0.39, 0.29) is 11.6 Å². The summed E-state index contributed by atoms with van der Waals surface area (Å²) in [5.74, 6) is -0.00479. The van der Waals surface area contributed by atoms with Gasteiger partial charge in [-0.15, -0.1) is 0 Å². The van der Waals surface area contributed by atoms with E-state index in [0.29, 0.717) is 17.2 Å². The Bertz CT molecular complexity index is 927. The van der Waals surface area contributed by atoms with Gasteiger partial charge in [-0.2, -0.15) is 13.2 Å². The molecule has 140 valence electrons. The quantitative estimate of drug-likeness (QED) is 0.634. The van der Waals surface area contributed by atoms with E-state index in [1.807, 2.05) is 12.1 Å². The lowest BCUT2D eigenvalue weighted by atomic mass is 10.0. The summed E-state index contributed by atoms with van der Waals surface area (Å²) in [5.41, 5.74) is 1.39. The van der Waals surface area contributed by atoms with E-state index in [0.717, 1.165) is 17.7 Å². The molecule has 1 N–H and O–H groups in total. The van der Waals surface area contributed by atoms with Crippen LogP contribution >= 0.6 is 0 Å². The Morgan fingerprint density at radius 3 is 2.22 bits per heavy atom. The Morgan fingerprint density at radius 1 is 1.04 bits per heavy atom. The van der Waals surface area contributed by atoms with E-state index in [2.05, 4.69) is 24.1 Å². The first kappa shape index (κ1) is 18.7. The average Bonchev–Trinajstić information content (AvgIpc) is 3.12. The average molecular weight is 374 g/mol. The van der Waals surface area contributed by atoms with Crippen LogP contribution in [0.4, 0.5) is 18.9 Å². The number of rotatable bonds is 4. The minimum atomic E-state index is -4.41. The number of alkyl halides is 3. The number of amides is 1. The summed E-state index contributed by atoms with van der Waals surface area (Å²) >= 11 is 0. The van der Waals surface area contributed by atoms with Crippen LogP contribution in [0.2, 0.25) is 0 Å². The van der Waals surface area contributed by atoms with Gasteiger partial charge in [-0.1, -0.05) is 26.0 Å². The van der Waals surface area contributed by atoms with Crippen LogP contribution in [0.25, 0.3) is 11.5 Å². The van der Waals surface area contributed by atoms with E-state index < -0.39 is 17.6 Å². The number of halogens is 3. The van der Waals surface area contributed by atoms with E-state index in [1.54, 1.807) is 12.1 Å². The molecule has 0 aliphatic heterocycles. The van der Waals surface area contributed by atoms with E-state index in [9.17, 15) is 18.0 Å². The first-order valence-electron chi connectivity index (χ1n) is 8.28. The Labute approximate surface area is 154 Å². The molecule has 0 spiro atoms. The summed E-state index contributed by atoms with van der Waals surface area (Å²) in [6.07, 6.45) is -3.24. The molecule has 27 heavy (non-hydrogen) atoms. The maximum Gasteiger partial charge on any atom is 0.416 e. The second-order valence-corrected chi connectivity index (χ2v) is 6.34. The summed E-state index contributed by atoms with van der Waals surface area (Å²) in [6.45, 7) is 4.15. The molecule has 3 rings (SSSR count). The molecule has 0 bridgehead atoms. The molecule has 3 aromatic rings. The largest absolute Gasteiger partial charge is 0.444 e. The Balaban J connectivity index is 1.72. The lowest BCUT2D eigenvalue weighted by Crippen LogP contribution is -2.12. The fourth-order valence-electron chi connectivity index (χ4n) is 2.46. The zero-order valence-corrected chi connectivity index (χ0v) is 14.7. The fraction of sp³-hybridized carbons (Fsp3) is 0.200. The van der Waals surface area contributed by atoms with Crippen molar-refractivity contribution in [2.75, 3.05) is 5.32 Å². The maximum atomic E-state index is 12.6. The van der Waals surface area contributed by atoms with Gasteiger partial charge in [0.15, 0.2) is 5.69 Å².